The Morgan fingerprint density at radius 1 is 0.973 bits per heavy atom. The smallest absolute Gasteiger partial charge is 0.335 e. The summed E-state index contributed by atoms with van der Waals surface area (Å²) in [6.07, 6.45) is 3.32. The van der Waals surface area contributed by atoms with Crippen molar-refractivity contribution < 1.29 is 23.9 Å². The summed E-state index contributed by atoms with van der Waals surface area (Å²) in [6, 6.07) is 18.6. The summed E-state index contributed by atoms with van der Waals surface area (Å²) in [5.41, 5.74) is 2.61. The minimum Gasteiger partial charge on any atom is -0.494 e. The quantitative estimate of drug-likeness (QED) is 0.211. The molecule has 0 atom stereocenters. The van der Waals surface area contributed by atoms with Gasteiger partial charge in [-0.05, 0) is 67.4 Å². The normalized spacial score (nSPS) is 14.6. The van der Waals surface area contributed by atoms with E-state index < -0.39 is 17.8 Å². The molecule has 3 aromatic carbocycles. The standard InChI is InChI=1S/C29H27ClN2O5/c1-3-4-14-36-24-11-9-23(10-12-24)32-28(34)25(27(33)31-29(32)35)17-21-16-22(30)8-13-26(21)37-18-20-7-5-6-19(2)15-20/h5-13,15-17H,3-4,14,18H2,1-2H3,(H,31,33,35)/b25-17-. The van der Waals surface area contributed by atoms with Crippen LogP contribution in [-0.2, 0) is 16.2 Å². The van der Waals surface area contributed by atoms with Crippen LogP contribution in [0, 0.1) is 6.92 Å². The van der Waals surface area contributed by atoms with Gasteiger partial charge in [0, 0.05) is 10.6 Å². The highest BCUT2D eigenvalue weighted by Gasteiger charge is 2.37. The Hall–Kier alpha value is -4.10. The van der Waals surface area contributed by atoms with E-state index in [-0.39, 0.29) is 12.2 Å². The number of barbiturate groups is 1. The van der Waals surface area contributed by atoms with Crippen LogP contribution >= 0.6 is 11.6 Å². The maximum absolute atomic E-state index is 13.3. The third kappa shape index (κ3) is 6.37. The van der Waals surface area contributed by atoms with Gasteiger partial charge in [-0.25, -0.2) is 9.69 Å². The van der Waals surface area contributed by atoms with Crippen molar-refractivity contribution in [2.45, 2.75) is 33.3 Å². The minimum absolute atomic E-state index is 0.217. The molecule has 1 aliphatic heterocycles. The number of imide groups is 2. The minimum atomic E-state index is -0.825. The maximum Gasteiger partial charge on any atom is 0.335 e. The van der Waals surface area contributed by atoms with Gasteiger partial charge in [-0.2, -0.15) is 0 Å². The van der Waals surface area contributed by atoms with Gasteiger partial charge in [-0.15, -0.1) is 0 Å². The average Bonchev–Trinajstić information content (AvgIpc) is 2.87. The van der Waals surface area contributed by atoms with E-state index >= 15 is 0 Å². The Balaban J connectivity index is 1.59. The summed E-state index contributed by atoms with van der Waals surface area (Å²) < 4.78 is 11.6. The van der Waals surface area contributed by atoms with E-state index in [9.17, 15) is 14.4 Å². The Kier molecular flexibility index (Phi) is 8.25. The maximum atomic E-state index is 13.3. The number of halogens is 1. The topological polar surface area (TPSA) is 84.9 Å². The SMILES string of the molecule is CCCCOc1ccc(N2C(=O)NC(=O)/C(=C/c3cc(Cl)ccc3OCc3cccc(C)c3)C2=O)cc1. The predicted molar refractivity (Wildman–Crippen MR) is 143 cm³/mol. The first-order valence-corrected chi connectivity index (χ1v) is 12.4. The van der Waals surface area contributed by atoms with Crippen molar-refractivity contribution in [2.75, 3.05) is 11.5 Å². The number of amides is 4. The molecular formula is C29H27ClN2O5. The third-order valence-electron chi connectivity index (χ3n) is 5.71. The number of rotatable bonds is 9. The first kappa shape index (κ1) is 26.0. The molecule has 1 saturated heterocycles. The van der Waals surface area contributed by atoms with Gasteiger partial charge in [-0.3, -0.25) is 14.9 Å². The van der Waals surface area contributed by atoms with Gasteiger partial charge in [0.1, 0.15) is 23.7 Å². The molecule has 1 aliphatic rings. The van der Waals surface area contributed by atoms with Crippen molar-refractivity contribution in [2.24, 2.45) is 0 Å². The zero-order valence-electron chi connectivity index (χ0n) is 20.6. The predicted octanol–water partition coefficient (Wildman–Crippen LogP) is 6.07. The average molecular weight is 519 g/mol. The number of unbranched alkanes of at least 4 members (excludes halogenated alkanes) is 1. The molecule has 0 aliphatic carbocycles. The molecule has 4 rings (SSSR count). The van der Waals surface area contributed by atoms with Gasteiger partial charge in [0.25, 0.3) is 11.8 Å². The largest absolute Gasteiger partial charge is 0.494 e. The van der Waals surface area contributed by atoms with Crippen molar-refractivity contribution in [3.63, 3.8) is 0 Å². The van der Waals surface area contributed by atoms with E-state index in [0.29, 0.717) is 34.4 Å². The van der Waals surface area contributed by atoms with Crippen molar-refractivity contribution in [1.82, 2.24) is 5.32 Å². The van der Waals surface area contributed by atoms with E-state index in [2.05, 4.69) is 12.2 Å². The molecule has 0 spiro atoms. The molecule has 1 N–H and O–H groups in total. The number of anilines is 1. The van der Waals surface area contributed by atoms with Gasteiger partial charge in [-0.1, -0.05) is 54.8 Å². The van der Waals surface area contributed by atoms with E-state index in [1.807, 2.05) is 31.2 Å². The van der Waals surface area contributed by atoms with Crippen LogP contribution in [0.2, 0.25) is 5.02 Å². The van der Waals surface area contributed by atoms with Crippen LogP contribution in [0.3, 0.4) is 0 Å². The molecule has 0 radical (unpaired) electrons. The Morgan fingerprint density at radius 2 is 1.76 bits per heavy atom. The highest BCUT2D eigenvalue weighted by Crippen LogP contribution is 2.29. The van der Waals surface area contributed by atoms with Crippen molar-refractivity contribution in [1.29, 1.82) is 0 Å². The van der Waals surface area contributed by atoms with Crippen LogP contribution in [0.15, 0.2) is 72.3 Å². The monoisotopic (exact) mass is 518 g/mol. The first-order chi connectivity index (χ1) is 17.9. The van der Waals surface area contributed by atoms with Crippen LogP contribution in [0.5, 0.6) is 11.5 Å². The Morgan fingerprint density at radius 3 is 2.49 bits per heavy atom. The summed E-state index contributed by atoms with van der Waals surface area (Å²) in [4.78, 5) is 39.5. The number of carbonyl (C=O) groups excluding carboxylic acids is 3. The second-order valence-electron chi connectivity index (χ2n) is 8.61. The first-order valence-electron chi connectivity index (χ1n) is 12.0. The van der Waals surface area contributed by atoms with Crippen LogP contribution in [-0.4, -0.2) is 24.5 Å². The molecule has 0 saturated carbocycles. The fourth-order valence-electron chi connectivity index (χ4n) is 3.80. The van der Waals surface area contributed by atoms with Crippen LogP contribution in [0.4, 0.5) is 10.5 Å². The molecule has 1 fully saturated rings. The highest BCUT2D eigenvalue weighted by atomic mass is 35.5. The van der Waals surface area contributed by atoms with E-state index in [4.69, 9.17) is 21.1 Å². The number of aryl methyl sites for hydroxylation is 1. The van der Waals surface area contributed by atoms with Crippen molar-refractivity contribution in [3.8, 4) is 11.5 Å². The lowest BCUT2D eigenvalue weighted by Gasteiger charge is -2.26. The molecule has 8 heteroatoms. The van der Waals surface area contributed by atoms with Gasteiger partial charge in [0.2, 0.25) is 0 Å². The zero-order chi connectivity index (χ0) is 26.4. The van der Waals surface area contributed by atoms with Gasteiger partial charge in [0.05, 0.1) is 12.3 Å². The number of hydrogen-bond donors (Lipinski definition) is 1. The summed E-state index contributed by atoms with van der Waals surface area (Å²) in [5.74, 6) is -0.479. The van der Waals surface area contributed by atoms with E-state index in [0.717, 1.165) is 28.9 Å². The summed E-state index contributed by atoms with van der Waals surface area (Å²) in [6.45, 7) is 4.93. The van der Waals surface area contributed by atoms with Gasteiger partial charge >= 0.3 is 6.03 Å². The molecule has 37 heavy (non-hydrogen) atoms. The van der Waals surface area contributed by atoms with Crippen LogP contribution < -0.4 is 19.7 Å². The number of carbonyl (C=O) groups is 3. The fraction of sp³-hybridized carbons (Fsp3) is 0.207. The van der Waals surface area contributed by atoms with Crippen LogP contribution in [0.1, 0.15) is 36.5 Å². The zero-order valence-corrected chi connectivity index (χ0v) is 21.4. The summed E-state index contributed by atoms with van der Waals surface area (Å²) in [7, 11) is 0. The van der Waals surface area contributed by atoms with E-state index in [1.54, 1.807) is 42.5 Å². The number of benzene rings is 3. The Bertz CT molecular complexity index is 1350. The van der Waals surface area contributed by atoms with Crippen molar-refractivity contribution >= 4 is 41.2 Å². The number of urea groups is 1. The highest BCUT2D eigenvalue weighted by molar-refractivity contribution is 6.39. The lowest BCUT2D eigenvalue weighted by atomic mass is 10.1. The number of nitrogens with zero attached hydrogens (tertiary/aromatic N) is 1. The fourth-order valence-corrected chi connectivity index (χ4v) is 3.98. The lowest BCUT2D eigenvalue weighted by molar-refractivity contribution is -0.122. The molecular weight excluding hydrogens is 492 g/mol. The Labute approximate surface area is 220 Å². The molecule has 190 valence electrons. The van der Waals surface area contributed by atoms with Gasteiger partial charge < -0.3 is 9.47 Å². The third-order valence-corrected chi connectivity index (χ3v) is 5.95. The second kappa shape index (κ2) is 11.8. The second-order valence-corrected chi connectivity index (χ2v) is 9.05. The molecule has 7 nitrogen and oxygen atoms in total. The molecule has 0 unspecified atom stereocenters. The van der Waals surface area contributed by atoms with Crippen LogP contribution in [0.25, 0.3) is 6.08 Å². The molecule has 1 heterocycles. The number of ether oxygens (including phenoxy) is 2. The van der Waals surface area contributed by atoms with E-state index in [1.165, 1.54) is 6.08 Å². The molecule has 0 bridgehead atoms. The number of nitrogens with one attached hydrogen (secondary N) is 1. The summed E-state index contributed by atoms with van der Waals surface area (Å²) >= 11 is 6.21. The molecule has 3 aromatic rings. The number of hydrogen-bond acceptors (Lipinski definition) is 5. The van der Waals surface area contributed by atoms with Gasteiger partial charge in [0.15, 0.2) is 0 Å². The lowest BCUT2D eigenvalue weighted by Crippen LogP contribution is -2.54. The molecule has 4 amide bonds. The summed E-state index contributed by atoms with van der Waals surface area (Å²) in [5, 5.41) is 2.64. The molecule has 0 aromatic heterocycles. The van der Waals surface area contributed by atoms with Crippen molar-refractivity contribution in [3.05, 3.63) is 94.0 Å².